The lowest BCUT2D eigenvalue weighted by Crippen LogP contribution is -2.37. The molecule has 4 aliphatic rings. The Labute approximate surface area is 302 Å². The molecule has 1 N–H and O–H groups in total. The van der Waals surface area contributed by atoms with Crippen LogP contribution in [0.5, 0.6) is 34.6 Å². The summed E-state index contributed by atoms with van der Waals surface area (Å²) in [6.45, 7) is -0.395. The van der Waals surface area contributed by atoms with Crippen molar-refractivity contribution in [3.05, 3.63) is 101 Å². The number of carbonyl (C=O) groups excluding carboxylic acids is 3. The van der Waals surface area contributed by atoms with Gasteiger partial charge in [-0.2, -0.15) is 0 Å². The fourth-order valence-electron chi connectivity index (χ4n) is 8.17. The molecule has 0 spiro atoms. The fraction of sp³-hybridized carbons (Fsp3) is 0.250. The van der Waals surface area contributed by atoms with E-state index in [1.54, 1.807) is 66.7 Å². The van der Waals surface area contributed by atoms with Gasteiger partial charge in [-0.25, -0.2) is 4.99 Å². The van der Waals surface area contributed by atoms with E-state index < -0.39 is 42.3 Å². The van der Waals surface area contributed by atoms with Crippen LogP contribution in [0.1, 0.15) is 44.6 Å². The van der Waals surface area contributed by atoms with Crippen molar-refractivity contribution in [3.8, 4) is 34.6 Å². The number of methoxy groups -OCH3 is 3. The van der Waals surface area contributed by atoms with Gasteiger partial charge in [-0.1, -0.05) is 30.3 Å². The standard InChI is InChI=1S/C40H32N2O11/c1-47-29-12-19(13-30(48-2)38(29)49-3)32-22-14-27-28(52-18-51-27)15-23(22)37(24-17-50-40(46)33(24)32)53-31(43)16-42-26-11-7-5-9-21(26)34(39(42)45)35-36(44)20-8-4-6-10-25(20)41-35/h4-15,24,32-33,37,45H,16-18H2,1-3H3/t24-,32+,33-,37-/m0/s1. The van der Waals surface area contributed by atoms with E-state index in [2.05, 4.69) is 4.99 Å². The van der Waals surface area contributed by atoms with Crippen molar-refractivity contribution in [1.29, 1.82) is 0 Å². The molecule has 0 saturated carbocycles. The molecule has 4 aromatic carbocycles. The van der Waals surface area contributed by atoms with Crippen molar-refractivity contribution >= 4 is 40.0 Å². The minimum Gasteiger partial charge on any atom is -0.494 e. The fourth-order valence-corrected chi connectivity index (χ4v) is 8.17. The van der Waals surface area contributed by atoms with E-state index >= 15 is 0 Å². The second-order valence-corrected chi connectivity index (χ2v) is 13.1. The van der Waals surface area contributed by atoms with Crippen LogP contribution in [0, 0.1) is 11.8 Å². The van der Waals surface area contributed by atoms with Gasteiger partial charge < -0.3 is 42.8 Å². The van der Waals surface area contributed by atoms with Crippen LogP contribution < -0.4 is 23.7 Å². The molecule has 268 valence electrons. The van der Waals surface area contributed by atoms with Gasteiger partial charge >= 0.3 is 11.9 Å². The lowest BCUT2D eigenvalue weighted by molar-refractivity contribution is -0.155. The van der Waals surface area contributed by atoms with Crippen LogP contribution >= 0.6 is 0 Å². The Kier molecular flexibility index (Phi) is 7.54. The zero-order chi connectivity index (χ0) is 36.5. The Balaban J connectivity index is 1.11. The van der Waals surface area contributed by atoms with Crippen LogP contribution in [0.2, 0.25) is 0 Å². The van der Waals surface area contributed by atoms with Gasteiger partial charge in [-0.15, -0.1) is 0 Å². The van der Waals surface area contributed by atoms with Crippen molar-refractivity contribution < 1.29 is 52.6 Å². The van der Waals surface area contributed by atoms with Crippen molar-refractivity contribution in [1.82, 2.24) is 4.57 Å². The third-order valence-electron chi connectivity index (χ3n) is 10.5. The number of aromatic nitrogens is 1. The smallest absolute Gasteiger partial charge is 0.326 e. The molecule has 1 saturated heterocycles. The largest absolute Gasteiger partial charge is 0.494 e. The Morgan fingerprint density at radius 3 is 2.30 bits per heavy atom. The van der Waals surface area contributed by atoms with E-state index in [-0.39, 0.29) is 36.3 Å². The molecule has 13 nitrogen and oxygen atoms in total. The van der Waals surface area contributed by atoms with E-state index in [0.717, 1.165) is 0 Å². The van der Waals surface area contributed by atoms with Crippen LogP contribution in [0.4, 0.5) is 5.69 Å². The maximum Gasteiger partial charge on any atom is 0.326 e. The highest BCUT2D eigenvalue weighted by Gasteiger charge is 2.54. The minimum absolute atomic E-state index is 0.000592. The summed E-state index contributed by atoms with van der Waals surface area (Å²) in [5.74, 6) is -1.49. The summed E-state index contributed by atoms with van der Waals surface area (Å²) in [6.07, 6.45) is -0.930. The summed E-state index contributed by atoms with van der Waals surface area (Å²) >= 11 is 0. The van der Waals surface area contributed by atoms with Gasteiger partial charge in [-0.05, 0) is 53.6 Å². The van der Waals surface area contributed by atoms with Gasteiger partial charge in [0.15, 0.2) is 23.0 Å². The number of ether oxygens (including phenoxy) is 7. The number of para-hydroxylation sites is 2. The number of rotatable bonds is 8. The van der Waals surface area contributed by atoms with Crippen LogP contribution in [0.15, 0.2) is 77.8 Å². The summed E-state index contributed by atoms with van der Waals surface area (Å²) in [4.78, 5) is 45.7. The van der Waals surface area contributed by atoms with Crippen LogP contribution in [-0.4, -0.2) is 67.8 Å². The molecule has 0 amide bonds. The number of aromatic hydroxyl groups is 1. The third kappa shape index (κ3) is 4.90. The molecule has 9 rings (SSSR count). The van der Waals surface area contributed by atoms with Gasteiger partial charge in [0.05, 0.1) is 50.6 Å². The van der Waals surface area contributed by atoms with Gasteiger partial charge in [-0.3, -0.25) is 14.4 Å². The number of esters is 2. The highest BCUT2D eigenvalue weighted by molar-refractivity contribution is 6.56. The van der Waals surface area contributed by atoms with Crippen LogP contribution in [-0.2, 0) is 25.6 Å². The first kappa shape index (κ1) is 32.4. The van der Waals surface area contributed by atoms with E-state index in [1.807, 2.05) is 6.07 Å². The summed E-state index contributed by atoms with van der Waals surface area (Å²) in [6, 6.07) is 21.2. The SMILES string of the molecule is COc1cc([C@@H]2c3cc4c(cc3[C@H](OC(=O)Cn3c(O)c(C5=Nc6ccccc6C5=O)c5ccccc53)[C@H]3COC(=O)[C@H]23)OCO4)cc(OC)c1OC. The van der Waals surface area contributed by atoms with E-state index in [4.69, 9.17) is 33.2 Å². The molecule has 4 atom stereocenters. The van der Waals surface area contributed by atoms with E-state index in [1.165, 1.54) is 25.9 Å². The number of cyclic esters (lactones) is 1. The molecular weight excluding hydrogens is 684 g/mol. The Morgan fingerprint density at radius 2 is 1.58 bits per heavy atom. The van der Waals surface area contributed by atoms with Gasteiger partial charge in [0, 0.05) is 28.3 Å². The summed E-state index contributed by atoms with van der Waals surface area (Å²) in [5.41, 5.74) is 3.76. The molecule has 0 unspecified atom stereocenters. The summed E-state index contributed by atoms with van der Waals surface area (Å²) < 4.78 is 41.7. The first-order valence-electron chi connectivity index (χ1n) is 16.9. The Morgan fingerprint density at radius 1 is 0.887 bits per heavy atom. The van der Waals surface area contributed by atoms with Crippen molar-refractivity contribution in [2.45, 2.75) is 18.6 Å². The number of ketones is 1. The number of fused-ring (bicyclic) bond motifs is 5. The molecule has 3 aliphatic heterocycles. The number of carbonyl (C=O) groups is 3. The number of nitrogens with zero attached hydrogens (tertiary/aromatic N) is 2. The second-order valence-electron chi connectivity index (χ2n) is 13.1. The highest BCUT2D eigenvalue weighted by Crippen LogP contribution is 2.56. The molecular formula is C40H32N2O11. The van der Waals surface area contributed by atoms with Crippen LogP contribution in [0.3, 0.4) is 0 Å². The lowest BCUT2D eigenvalue weighted by atomic mass is 9.66. The van der Waals surface area contributed by atoms with Crippen molar-refractivity contribution in [2.24, 2.45) is 16.8 Å². The quantitative estimate of drug-likeness (QED) is 0.199. The number of hydrogen-bond donors (Lipinski definition) is 1. The molecule has 1 aliphatic carbocycles. The monoisotopic (exact) mass is 716 g/mol. The van der Waals surface area contributed by atoms with Crippen LogP contribution in [0.25, 0.3) is 10.9 Å². The topological polar surface area (TPSA) is 153 Å². The molecule has 13 heteroatoms. The number of benzene rings is 4. The van der Waals surface area contributed by atoms with Crippen molar-refractivity contribution in [2.75, 3.05) is 34.7 Å². The maximum atomic E-state index is 14.1. The zero-order valence-electron chi connectivity index (χ0n) is 28.8. The molecule has 0 radical (unpaired) electrons. The second kappa shape index (κ2) is 12.3. The van der Waals surface area contributed by atoms with Gasteiger partial charge in [0.1, 0.15) is 18.4 Å². The number of aliphatic imine (C=N–C) groups is 1. The molecule has 53 heavy (non-hydrogen) atoms. The van der Waals surface area contributed by atoms with Crippen molar-refractivity contribution in [3.63, 3.8) is 0 Å². The molecule has 1 aromatic heterocycles. The zero-order valence-corrected chi connectivity index (χ0v) is 28.8. The summed E-state index contributed by atoms with van der Waals surface area (Å²) in [5, 5.41) is 12.2. The van der Waals surface area contributed by atoms with Gasteiger partial charge in [0.2, 0.25) is 24.2 Å². The Hall–Kier alpha value is -6.50. The molecule has 0 bridgehead atoms. The number of Topliss-reactive ketones (excluding diaryl/α,β-unsaturated/α-hetero) is 1. The number of hydrogen-bond acceptors (Lipinski definition) is 12. The lowest BCUT2D eigenvalue weighted by Gasteiger charge is -2.38. The Bertz CT molecular complexity index is 2390. The predicted molar refractivity (Wildman–Crippen MR) is 188 cm³/mol. The average Bonchev–Trinajstić information content (AvgIpc) is 3.94. The average molecular weight is 717 g/mol. The first-order chi connectivity index (χ1) is 25.8. The van der Waals surface area contributed by atoms with Gasteiger partial charge in [0.25, 0.3) is 0 Å². The van der Waals surface area contributed by atoms with E-state index in [9.17, 15) is 19.5 Å². The highest BCUT2D eigenvalue weighted by atomic mass is 16.7. The maximum absolute atomic E-state index is 14.1. The minimum atomic E-state index is -0.930. The predicted octanol–water partition coefficient (Wildman–Crippen LogP) is 5.64. The van der Waals surface area contributed by atoms with E-state index in [0.29, 0.717) is 67.6 Å². The molecule has 5 aromatic rings. The normalized spacial score (nSPS) is 20.7. The summed E-state index contributed by atoms with van der Waals surface area (Å²) in [7, 11) is 4.55. The first-order valence-corrected chi connectivity index (χ1v) is 16.9. The molecule has 4 heterocycles. The third-order valence-corrected chi connectivity index (χ3v) is 10.5. The molecule has 1 fully saturated rings.